The largest absolute Gasteiger partial charge is 0.379 e. The molecular formula is C14H20BrClO. The minimum atomic E-state index is -0.0566. The Balaban J connectivity index is 2.66. The SMILES string of the molecule is COC(C)(C)CCC(CBr)c1cccc(Cl)c1. The molecule has 3 heteroatoms. The maximum Gasteiger partial charge on any atom is 0.0623 e. The molecule has 17 heavy (non-hydrogen) atoms. The number of rotatable bonds is 6. The number of alkyl halides is 1. The van der Waals surface area contributed by atoms with Gasteiger partial charge in [0.2, 0.25) is 0 Å². The van der Waals surface area contributed by atoms with Crippen LogP contribution in [0, 0.1) is 0 Å². The minimum Gasteiger partial charge on any atom is -0.379 e. The van der Waals surface area contributed by atoms with Gasteiger partial charge in [0.15, 0.2) is 0 Å². The Labute approximate surface area is 118 Å². The van der Waals surface area contributed by atoms with Crippen molar-refractivity contribution in [1.29, 1.82) is 0 Å². The van der Waals surface area contributed by atoms with Crippen LogP contribution in [0.2, 0.25) is 5.02 Å². The van der Waals surface area contributed by atoms with Crippen molar-refractivity contribution in [2.45, 2.75) is 38.2 Å². The quantitative estimate of drug-likeness (QED) is 0.669. The molecule has 0 spiro atoms. The van der Waals surface area contributed by atoms with Gasteiger partial charge in [0, 0.05) is 17.5 Å². The third-order valence-corrected chi connectivity index (χ3v) is 4.17. The Hall–Kier alpha value is -0.0500. The van der Waals surface area contributed by atoms with Crippen LogP contribution in [-0.4, -0.2) is 18.0 Å². The van der Waals surface area contributed by atoms with Crippen LogP contribution in [0.5, 0.6) is 0 Å². The van der Waals surface area contributed by atoms with Crippen molar-refractivity contribution in [2.24, 2.45) is 0 Å². The molecule has 1 rings (SSSR count). The van der Waals surface area contributed by atoms with Crippen molar-refractivity contribution in [3.05, 3.63) is 34.9 Å². The number of halogens is 2. The Bertz CT molecular complexity index is 352. The summed E-state index contributed by atoms with van der Waals surface area (Å²) in [5.41, 5.74) is 1.24. The molecule has 1 unspecified atom stereocenters. The van der Waals surface area contributed by atoms with Gasteiger partial charge in [0.05, 0.1) is 5.60 Å². The summed E-state index contributed by atoms with van der Waals surface area (Å²) < 4.78 is 5.45. The molecule has 1 aromatic rings. The van der Waals surface area contributed by atoms with E-state index < -0.39 is 0 Å². The van der Waals surface area contributed by atoms with E-state index in [1.807, 2.05) is 18.2 Å². The monoisotopic (exact) mass is 318 g/mol. The summed E-state index contributed by atoms with van der Waals surface area (Å²) in [5, 5.41) is 1.76. The third-order valence-electron chi connectivity index (χ3n) is 3.15. The molecule has 0 bridgehead atoms. The zero-order chi connectivity index (χ0) is 12.9. The first-order chi connectivity index (χ1) is 7.98. The van der Waals surface area contributed by atoms with E-state index in [4.69, 9.17) is 16.3 Å². The zero-order valence-corrected chi connectivity index (χ0v) is 13.0. The summed E-state index contributed by atoms with van der Waals surface area (Å²) in [6, 6.07) is 8.11. The van der Waals surface area contributed by atoms with Crippen LogP contribution in [-0.2, 0) is 4.74 Å². The van der Waals surface area contributed by atoms with Gasteiger partial charge >= 0.3 is 0 Å². The minimum absolute atomic E-state index is 0.0566. The summed E-state index contributed by atoms with van der Waals surface area (Å²) in [6.45, 7) is 4.24. The maximum atomic E-state index is 6.02. The van der Waals surface area contributed by atoms with Gasteiger partial charge in [0.25, 0.3) is 0 Å². The summed E-state index contributed by atoms with van der Waals surface area (Å²) in [4.78, 5) is 0. The average Bonchev–Trinajstić information content (AvgIpc) is 2.30. The molecule has 0 aliphatic rings. The standard InChI is InChI=1S/C14H20BrClO/c1-14(2,17-3)8-7-12(10-15)11-5-4-6-13(16)9-11/h4-6,9,12H,7-8,10H2,1-3H3. The lowest BCUT2D eigenvalue weighted by Crippen LogP contribution is -2.23. The van der Waals surface area contributed by atoms with Crippen molar-refractivity contribution in [1.82, 2.24) is 0 Å². The number of hydrogen-bond acceptors (Lipinski definition) is 1. The van der Waals surface area contributed by atoms with Gasteiger partial charge in [0.1, 0.15) is 0 Å². The fourth-order valence-corrected chi connectivity index (χ4v) is 2.61. The number of hydrogen-bond donors (Lipinski definition) is 0. The summed E-state index contributed by atoms with van der Waals surface area (Å²) >= 11 is 9.61. The highest BCUT2D eigenvalue weighted by Gasteiger charge is 2.19. The maximum absolute atomic E-state index is 6.02. The van der Waals surface area contributed by atoms with Crippen molar-refractivity contribution < 1.29 is 4.74 Å². The van der Waals surface area contributed by atoms with Gasteiger partial charge in [-0.2, -0.15) is 0 Å². The molecule has 0 saturated carbocycles. The van der Waals surface area contributed by atoms with Gasteiger partial charge in [-0.25, -0.2) is 0 Å². The Morgan fingerprint density at radius 1 is 1.41 bits per heavy atom. The fraction of sp³-hybridized carbons (Fsp3) is 0.571. The molecule has 96 valence electrons. The lowest BCUT2D eigenvalue weighted by Gasteiger charge is -2.25. The van der Waals surface area contributed by atoms with Crippen LogP contribution in [0.25, 0.3) is 0 Å². The van der Waals surface area contributed by atoms with Crippen LogP contribution < -0.4 is 0 Å². The Morgan fingerprint density at radius 2 is 2.12 bits per heavy atom. The fourth-order valence-electron chi connectivity index (χ4n) is 1.72. The van der Waals surface area contributed by atoms with E-state index in [1.54, 1.807) is 7.11 Å². The lowest BCUT2D eigenvalue weighted by atomic mass is 9.91. The molecule has 0 N–H and O–H groups in total. The smallest absolute Gasteiger partial charge is 0.0623 e. The van der Waals surface area contributed by atoms with E-state index in [0.29, 0.717) is 5.92 Å². The molecule has 0 fully saturated rings. The van der Waals surface area contributed by atoms with E-state index in [-0.39, 0.29) is 5.60 Å². The summed E-state index contributed by atoms with van der Waals surface area (Å²) in [6.07, 6.45) is 2.12. The first-order valence-electron chi connectivity index (χ1n) is 5.85. The molecular weight excluding hydrogens is 300 g/mol. The van der Waals surface area contributed by atoms with Gasteiger partial charge < -0.3 is 4.74 Å². The predicted molar refractivity (Wildman–Crippen MR) is 78.3 cm³/mol. The highest BCUT2D eigenvalue weighted by molar-refractivity contribution is 9.09. The summed E-state index contributed by atoms with van der Waals surface area (Å²) in [7, 11) is 1.77. The second-order valence-electron chi connectivity index (χ2n) is 4.91. The summed E-state index contributed by atoms with van der Waals surface area (Å²) in [5.74, 6) is 0.489. The van der Waals surface area contributed by atoms with E-state index in [2.05, 4.69) is 35.8 Å². The first kappa shape index (κ1) is 15.0. The molecule has 1 nitrogen and oxygen atoms in total. The predicted octanol–water partition coefficient (Wildman–Crippen LogP) is 5.02. The Kier molecular flexibility index (Phi) is 5.98. The number of benzene rings is 1. The molecule has 0 saturated heterocycles. The van der Waals surface area contributed by atoms with E-state index in [1.165, 1.54) is 5.56 Å². The molecule has 0 radical (unpaired) electrons. The van der Waals surface area contributed by atoms with Gasteiger partial charge in [-0.3, -0.25) is 0 Å². The molecule has 1 atom stereocenters. The second kappa shape index (κ2) is 6.77. The van der Waals surface area contributed by atoms with Crippen LogP contribution in [0.15, 0.2) is 24.3 Å². The zero-order valence-electron chi connectivity index (χ0n) is 10.7. The van der Waals surface area contributed by atoms with Crippen molar-refractivity contribution in [2.75, 3.05) is 12.4 Å². The highest BCUT2D eigenvalue weighted by atomic mass is 79.9. The van der Waals surface area contributed by atoms with Crippen LogP contribution in [0.4, 0.5) is 0 Å². The highest BCUT2D eigenvalue weighted by Crippen LogP contribution is 2.29. The van der Waals surface area contributed by atoms with Crippen molar-refractivity contribution >= 4 is 27.5 Å². The molecule has 0 aliphatic carbocycles. The lowest BCUT2D eigenvalue weighted by molar-refractivity contribution is 0.0128. The van der Waals surface area contributed by atoms with Crippen LogP contribution >= 0.6 is 27.5 Å². The molecule has 0 heterocycles. The average molecular weight is 320 g/mol. The Morgan fingerprint density at radius 3 is 2.65 bits per heavy atom. The van der Waals surface area contributed by atoms with E-state index >= 15 is 0 Å². The van der Waals surface area contributed by atoms with E-state index in [0.717, 1.165) is 23.2 Å². The third kappa shape index (κ3) is 4.99. The second-order valence-corrected chi connectivity index (χ2v) is 5.99. The van der Waals surface area contributed by atoms with E-state index in [9.17, 15) is 0 Å². The van der Waals surface area contributed by atoms with Crippen LogP contribution in [0.3, 0.4) is 0 Å². The number of ether oxygens (including phenoxy) is 1. The molecule has 1 aromatic carbocycles. The van der Waals surface area contributed by atoms with Crippen molar-refractivity contribution in [3.8, 4) is 0 Å². The molecule has 0 aliphatic heterocycles. The number of methoxy groups -OCH3 is 1. The van der Waals surface area contributed by atoms with Gasteiger partial charge in [-0.05, 0) is 50.3 Å². The molecule has 0 amide bonds. The van der Waals surface area contributed by atoms with Gasteiger partial charge in [-0.15, -0.1) is 0 Å². The normalized spacial score (nSPS) is 13.7. The van der Waals surface area contributed by atoms with Crippen molar-refractivity contribution in [3.63, 3.8) is 0 Å². The van der Waals surface area contributed by atoms with Crippen LogP contribution in [0.1, 0.15) is 38.2 Å². The van der Waals surface area contributed by atoms with Gasteiger partial charge in [-0.1, -0.05) is 39.7 Å². The molecule has 0 aromatic heterocycles. The first-order valence-corrected chi connectivity index (χ1v) is 7.35. The topological polar surface area (TPSA) is 9.23 Å².